The van der Waals surface area contributed by atoms with Crippen molar-refractivity contribution in [3.05, 3.63) is 124 Å². The van der Waals surface area contributed by atoms with Crippen molar-refractivity contribution in [3.63, 3.8) is 0 Å². The Kier molecular flexibility index (Phi) is 6.44. The molecule has 1 amide bonds. The molecular weight excluding hydrogens is 508 g/mol. The zero-order valence-corrected chi connectivity index (χ0v) is 23.1. The van der Waals surface area contributed by atoms with Gasteiger partial charge < -0.3 is 9.32 Å². The first-order valence-electron chi connectivity index (χ1n) is 13.4. The number of hydrogen-bond acceptors (Lipinski definition) is 4. The number of amides is 1. The molecule has 1 spiro atoms. The Morgan fingerprint density at radius 3 is 2.41 bits per heavy atom. The lowest BCUT2D eigenvalue weighted by molar-refractivity contribution is -0.129. The van der Waals surface area contributed by atoms with Gasteiger partial charge in [-0.15, -0.1) is 0 Å². The van der Waals surface area contributed by atoms with Crippen molar-refractivity contribution in [1.82, 2.24) is 4.90 Å². The van der Waals surface area contributed by atoms with Crippen LogP contribution in [0.5, 0.6) is 0 Å². The van der Waals surface area contributed by atoms with E-state index in [1.165, 1.54) is 5.56 Å². The number of hydrogen-bond donors (Lipinski definition) is 0. The summed E-state index contributed by atoms with van der Waals surface area (Å²) in [5.74, 6) is -0.0690. The quantitative estimate of drug-likeness (QED) is 0.247. The van der Waals surface area contributed by atoms with Crippen LogP contribution in [0, 0.1) is 5.92 Å². The summed E-state index contributed by atoms with van der Waals surface area (Å²) in [4.78, 5) is 33.2. The first-order chi connectivity index (χ1) is 18.8. The molecule has 0 N–H and O–H groups in total. The molecule has 198 valence electrons. The number of ketones is 1. The van der Waals surface area contributed by atoms with Crippen LogP contribution in [0.1, 0.15) is 58.5 Å². The topological polar surface area (TPSA) is 53.8 Å². The molecule has 2 aliphatic heterocycles. The standard InChI is InChI=1S/C33H31ClN2O3/c1-21(2)22-14-16-23(17-15-22)31(37)30-25(29-13-8-18-39-29)20-35(3)33(30)26-10-5-7-12-28(26)36(32(33)38)19-24-9-4-6-11-27(24)34/h4-18,21,25,30H,19-20H2,1-3H3/t25-,30-,33-/m0/s1. The van der Waals surface area contributed by atoms with Crippen LogP contribution in [0.25, 0.3) is 0 Å². The monoisotopic (exact) mass is 538 g/mol. The number of benzene rings is 3. The largest absolute Gasteiger partial charge is 0.469 e. The second-order valence-corrected chi connectivity index (χ2v) is 11.3. The molecule has 0 unspecified atom stereocenters. The highest BCUT2D eigenvalue weighted by Gasteiger charge is 2.66. The minimum Gasteiger partial charge on any atom is -0.469 e. The van der Waals surface area contributed by atoms with E-state index in [1.54, 1.807) is 11.2 Å². The fourth-order valence-electron chi connectivity index (χ4n) is 6.50. The zero-order valence-electron chi connectivity index (χ0n) is 22.3. The van der Waals surface area contributed by atoms with Gasteiger partial charge in [0.05, 0.1) is 18.7 Å². The number of halogens is 1. The number of likely N-dealkylation sites (N-methyl/N-ethyl adjacent to an activating group) is 1. The van der Waals surface area contributed by atoms with Crippen molar-refractivity contribution in [1.29, 1.82) is 0 Å². The van der Waals surface area contributed by atoms with E-state index >= 15 is 0 Å². The van der Waals surface area contributed by atoms with Crippen LogP contribution in [-0.4, -0.2) is 30.2 Å². The van der Waals surface area contributed by atoms with Gasteiger partial charge in [0.1, 0.15) is 11.3 Å². The van der Waals surface area contributed by atoms with Gasteiger partial charge in [0.15, 0.2) is 5.78 Å². The summed E-state index contributed by atoms with van der Waals surface area (Å²) in [5.41, 5.74) is 3.10. The summed E-state index contributed by atoms with van der Waals surface area (Å²) in [6.07, 6.45) is 1.63. The van der Waals surface area contributed by atoms with Gasteiger partial charge in [-0.3, -0.25) is 14.5 Å². The average molecular weight is 539 g/mol. The summed E-state index contributed by atoms with van der Waals surface area (Å²) in [6, 6.07) is 27.0. The molecule has 3 aromatic carbocycles. The minimum absolute atomic E-state index is 0.0567. The molecule has 0 aliphatic carbocycles. The number of Topliss-reactive ketones (excluding diaryl/α,β-unsaturated/α-hetero) is 1. The van der Waals surface area contributed by atoms with Crippen molar-refractivity contribution in [2.45, 2.75) is 37.8 Å². The predicted molar refractivity (Wildman–Crippen MR) is 153 cm³/mol. The molecule has 1 saturated heterocycles. The molecule has 39 heavy (non-hydrogen) atoms. The van der Waals surface area contributed by atoms with Gasteiger partial charge in [-0.1, -0.05) is 86.1 Å². The summed E-state index contributed by atoms with van der Waals surface area (Å²) in [5, 5.41) is 0.606. The van der Waals surface area contributed by atoms with Crippen molar-refractivity contribution in [2.75, 3.05) is 18.5 Å². The molecule has 5 nitrogen and oxygen atoms in total. The summed E-state index contributed by atoms with van der Waals surface area (Å²) >= 11 is 6.53. The molecule has 0 saturated carbocycles. The molecule has 1 aromatic heterocycles. The van der Waals surface area contributed by atoms with E-state index in [0.717, 1.165) is 16.8 Å². The maximum absolute atomic E-state index is 14.8. The van der Waals surface area contributed by atoms with Crippen LogP contribution in [0.4, 0.5) is 5.69 Å². The van der Waals surface area contributed by atoms with Crippen molar-refractivity contribution in [3.8, 4) is 0 Å². The van der Waals surface area contributed by atoms with Gasteiger partial charge in [-0.2, -0.15) is 0 Å². The number of carbonyl (C=O) groups is 2. The van der Waals surface area contributed by atoms with Crippen molar-refractivity contribution >= 4 is 29.0 Å². The van der Waals surface area contributed by atoms with E-state index < -0.39 is 11.5 Å². The van der Waals surface area contributed by atoms with Crippen LogP contribution in [-0.2, 0) is 16.9 Å². The molecule has 6 rings (SSSR count). The molecule has 1 fully saturated rings. The Hall–Kier alpha value is -3.67. The Morgan fingerprint density at radius 2 is 1.72 bits per heavy atom. The maximum atomic E-state index is 14.8. The lowest BCUT2D eigenvalue weighted by Gasteiger charge is -2.36. The molecule has 4 aromatic rings. The number of likely N-dealkylation sites (tertiary alicyclic amines) is 1. The maximum Gasteiger partial charge on any atom is 0.253 e. The molecule has 0 bridgehead atoms. The predicted octanol–water partition coefficient (Wildman–Crippen LogP) is 7.03. The highest BCUT2D eigenvalue weighted by Crippen LogP contribution is 2.57. The van der Waals surface area contributed by atoms with Crippen LogP contribution >= 0.6 is 11.6 Å². The number of furan rings is 1. The lowest BCUT2D eigenvalue weighted by atomic mass is 9.71. The van der Waals surface area contributed by atoms with Gasteiger partial charge in [0.2, 0.25) is 0 Å². The molecule has 2 aliphatic rings. The highest BCUT2D eigenvalue weighted by atomic mass is 35.5. The Morgan fingerprint density at radius 1 is 1.00 bits per heavy atom. The normalized spacial score (nSPS) is 22.7. The second kappa shape index (κ2) is 9.82. The van der Waals surface area contributed by atoms with E-state index in [4.69, 9.17) is 16.0 Å². The van der Waals surface area contributed by atoms with Crippen molar-refractivity contribution in [2.24, 2.45) is 5.92 Å². The van der Waals surface area contributed by atoms with Gasteiger partial charge in [-0.25, -0.2) is 0 Å². The Bertz CT molecular complexity index is 1530. The fraction of sp³-hybridized carbons (Fsp3) is 0.273. The average Bonchev–Trinajstić information content (AvgIpc) is 3.64. The third-order valence-corrected chi connectivity index (χ3v) is 8.81. The van der Waals surface area contributed by atoms with E-state index in [-0.39, 0.29) is 17.6 Å². The number of carbonyl (C=O) groups excluding carboxylic acids is 2. The number of nitrogens with zero attached hydrogens (tertiary/aromatic N) is 2. The summed E-state index contributed by atoms with van der Waals surface area (Å²) in [7, 11) is 1.94. The van der Waals surface area contributed by atoms with Crippen molar-refractivity contribution < 1.29 is 14.0 Å². The lowest BCUT2D eigenvalue weighted by Crippen LogP contribution is -2.53. The van der Waals surface area contributed by atoms with Gasteiger partial charge in [0, 0.05) is 34.3 Å². The van der Waals surface area contributed by atoms with E-state index in [9.17, 15) is 9.59 Å². The summed E-state index contributed by atoms with van der Waals surface area (Å²) < 4.78 is 5.88. The van der Waals surface area contributed by atoms with Crippen LogP contribution in [0.2, 0.25) is 5.02 Å². The second-order valence-electron chi connectivity index (χ2n) is 10.9. The third-order valence-electron chi connectivity index (χ3n) is 8.44. The van der Waals surface area contributed by atoms with Gasteiger partial charge in [-0.05, 0) is 48.4 Å². The van der Waals surface area contributed by atoms with Crippen LogP contribution < -0.4 is 4.90 Å². The SMILES string of the molecule is CC(C)c1ccc(C(=O)[C@@H]2[C@H](c3ccco3)CN(C)[C@]23C(=O)N(Cc2ccccc2Cl)c2ccccc23)cc1. The first kappa shape index (κ1) is 25.6. The van der Waals surface area contributed by atoms with E-state index in [0.29, 0.717) is 35.4 Å². The fourth-order valence-corrected chi connectivity index (χ4v) is 6.69. The number of anilines is 1. The number of para-hydroxylation sites is 1. The number of fused-ring (bicyclic) bond motifs is 2. The molecular formula is C33H31ClN2O3. The minimum atomic E-state index is -1.18. The molecule has 3 atom stereocenters. The van der Waals surface area contributed by atoms with E-state index in [2.05, 4.69) is 18.7 Å². The highest BCUT2D eigenvalue weighted by molar-refractivity contribution is 6.31. The van der Waals surface area contributed by atoms with Gasteiger partial charge in [0.25, 0.3) is 5.91 Å². The van der Waals surface area contributed by atoms with Crippen LogP contribution in [0.15, 0.2) is 95.6 Å². The van der Waals surface area contributed by atoms with E-state index in [1.807, 2.05) is 92.0 Å². The number of rotatable bonds is 6. The first-order valence-corrected chi connectivity index (χ1v) is 13.8. The van der Waals surface area contributed by atoms with Gasteiger partial charge >= 0.3 is 0 Å². The molecule has 6 heteroatoms. The summed E-state index contributed by atoms with van der Waals surface area (Å²) in [6.45, 7) is 5.09. The molecule has 0 radical (unpaired) electrons. The van der Waals surface area contributed by atoms with Crippen LogP contribution in [0.3, 0.4) is 0 Å². The Balaban J connectivity index is 1.51. The Labute approximate surface area is 234 Å². The third kappa shape index (κ3) is 3.95. The zero-order chi connectivity index (χ0) is 27.3. The smallest absolute Gasteiger partial charge is 0.253 e. The molecule has 3 heterocycles.